The van der Waals surface area contributed by atoms with Crippen LogP contribution in [0.1, 0.15) is 147 Å². The average Bonchev–Trinajstić information content (AvgIpc) is 3.38. The van der Waals surface area contributed by atoms with Gasteiger partial charge in [-0.1, -0.05) is 86.9 Å². The molecule has 2 N–H and O–H groups in total. The first-order chi connectivity index (χ1) is 28.1. The highest BCUT2D eigenvalue weighted by Gasteiger charge is 2.87. The van der Waals surface area contributed by atoms with E-state index in [1.807, 2.05) is 17.7 Å². The Morgan fingerprint density at radius 1 is 0.948 bits per heavy atom. The number of hydrogen-bond donors (Lipinski definition) is 2. The van der Waals surface area contributed by atoms with Crippen LogP contribution >= 0.6 is 0 Å². The largest absolute Gasteiger partial charge is 0.508 e. The van der Waals surface area contributed by atoms with E-state index < -0.39 is 0 Å². The van der Waals surface area contributed by atoms with E-state index in [4.69, 9.17) is 4.74 Å². The number of phenolic OH excluding ortho intramolecular Hbond substituents is 1. The zero-order valence-electron chi connectivity index (χ0n) is 36.2. The first-order valence-electron chi connectivity index (χ1n) is 24.1. The van der Waals surface area contributed by atoms with Gasteiger partial charge in [-0.05, 0) is 190 Å². The minimum Gasteiger partial charge on any atom is -0.508 e. The predicted octanol–water partition coefficient (Wildman–Crippen LogP) is 12.3. The number of allylic oxidation sites excluding steroid dienone is 4. The third-order valence-corrected chi connectivity index (χ3v) is 20.2. The summed E-state index contributed by atoms with van der Waals surface area (Å²) in [6.45, 7) is 13.8. The Morgan fingerprint density at radius 3 is 2.71 bits per heavy atom. The molecule has 2 bridgehead atoms. The van der Waals surface area contributed by atoms with Gasteiger partial charge < -0.3 is 14.9 Å². The normalized spacial score (nSPS) is 44.9. The molecule has 9 aliphatic rings. The zero-order valence-corrected chi connectivity index (χ0v) is 36.2. The van der Waals surface area contributed by atoms with Gasteiger partial charge in [0, 0.05) is 42.7 Å². The number of benzene rings is 2. The number of phenols is 1. The summed E-state index contributed by atoms with van der Waals surface area (Å²) in [5, 5.41) is 22.2. The number of nitrogens with zero attached hydrogens (tertiary/aromatic N) is 1. The second kappa shape index (κ2) is 13.4. The molecule has 58 heavy (non-hydrogen) atoms. The van der Waals surface area contributed by atoms with Crippen LogP contribution in [-0.2, 0) is 4.74 Å². The molecule has 1 unspecified atom stereocenters. The van der Waals surface area contributed by atoms with Gasteiger partial charge in [0.1, 0.15) is 5.75 Å². The van der Waals surface area contributed by atoms with Gasteiger partial charge in [-0.3, -0.25) is 4.90 Å². The zero-order chi connectivity index (χ0) is 39.7. The number of aromatic hydroxyl groups is 1. The Balaban J connectivity index is 0.846. The number of aliphatic hydroxyl groups is 1. The molecule has 0 aromatic heterocycles. The SMILES string of the molecule is CC[C@@H]1c2cc3ccc(O)cc3cc2C=C[C@@H]1CCCOCC[C@H]1CCC[C@@]12C[C@@H](C)[C@]13CCC(C)=C1C[C@@]21[C@]2(C=CC[C@@]13C)C=C[C@@H]1[C@H](CCCO)CC[C@@]13CN32. The molecule has 2 aromatic rings. The molecule has 5 fully saturated rings. The summed E-state index contributed by atoms with van der Waals surface area (Å²) in [5.41, 5.74) is 7.95. The number of hydrogen-bond acceptors (Lipinski definition) is 4. The van der Waals surface area contributed by atoms with Crippen LogP contribution in [0.15, 0.2) is 71.9 Å². The van der Waals surface area contributed by atoms with Crippen molar-refractivity contribution in [3.63, 3.8) is 0 Å². The van der Waals surface area contributed by atoms with Crippen LogP contribution < -0.4 is 0 Å². The minimum atomic E-state index is 0.00654. The maximum absolute atomic E-state index is 10.1. The Hall–Kier alpha value is -2.66. The van der Waals surface area contributed by atoms with Crippen molar-refractivity contribution in [2.24, 2.45) is 51.2 Å². The first-order valence-corrected chi connectivity index (χ1v) is 24.1. The van der Waals surface area contributed by atoms with E-state index in [2.05, 4.69) is 87.3 Å². The van der Waals surface area contributed by atoms with Crippen molar-refractivity contribution >= 4 is 16.8 Å². The van der Waals surface area contributed by atoms with Gasteiger partial charge in [0.2, 0.25) is 0 Å². The summed E-state index contributed by atoms with van der Waals surface area (Å²) in [7, 11) is 0. The van der Waals surface area contributed by atoms with Crippen LogP contribution in [0.25, 0.3) is 16.8 Å². The third-order valence-electron chi connectivity index (χ3n) is 20.2. The number of rotatable bonds is 11. The van der Waals surface area contributed by atoms with Crippen LogP contribution in [-0.4, -0.2) is 52.6 Å². The van der Waals surface area contributed by atoms with E-state index >= 15 is 0 Å². The van der Waals surface area contributed by atoms with E-state index in [-0.39, 0.29) is 16.4 Å². The summed E-state index contributed by atoms with van der Waals surface area (Å²) in [6.07, 6.45) is 36.2. The van der Waals surface area contributed by atoms with E-state index in [9.17, 15) is 10.2 Å². The quantitative estimate of drug-likeness (QED) is 0.135. The van der Waals surface area contributed by atoms with Crippen LogP contribution in [0.5, 0.6) is 5.75 Å². The summed E-state index contributed by atoms with van der Waals surface area (Å²) < 4.78 is 6.74. The molecule has 4 nitrogen and oxygen atoms in total. The highest BCUT2D eigenvalue weighted by atomic mass is 16.5. The molecule has 1 saturated heterocycles. The number of fused-ring (bicyclic) bond motifs is 3. The second-order valence-electron chi connectivity index (χ2n) is 21.8. The topological polar surface area (TPSA) is 52.7 Å². The third kappa shape index (κ3) is 4.70. The standard InChI is InChI=1S/C54H71NO3/c1-5-45-38(13-14-41-30-42-31-44(57)16-15-40(42)32-46(41)45)11-8-28-58-29-20-43-12-6-22-50(43)33-37(3)53-26-17-36(2)48(53)34-54(50)49(53,4)21-9-23-52(54)25-19-47-39(10-7-27-56)18-24-51(47)35-55(51)52/h9,13-16,19,23,25,30-32,37-39,43,45,47,56-57H,5-8,10-12,17-18,20-22,24,26-29,33-35H2,1-4H3/t37-,38+,39-,43-,45+,47-,49-,50-,51-,52+,53-,54+,55?/m1/s1. The van der Waals surface area contributed by atoms with Crippen molar-refractivity contribution in [3.05, 3.63) is 83.0 Å². The molecule has 0 radical (unpaired) electrons. The Labute approximate surface area is 349 Å². The fourth-order valence-corrected chi connectivity index (χ4v) is 18.2. The second-order valence-corrected chi connectivity index (χ2v) is 21.8. The van der Waals surface area contributed by atoms with Gasteiger partial charge in [0.25, 0.3) is 0 Å². The Kier molecular flexibility index (Phi) is 8.86. The van der Waals surface area contributed by atoms with Gasteiger partial charge in [0.15, 0.2) is 0 Å². The van der Waals surface area contributed by atoms with Crippen LogP contribution in [0.2, 0.25) is 0 Å². The summed E-state index contributed by atoms with van der Waals surface area (Å²) in [5.74, 6) is 4.25. The molecule has 13 atom stereocenters. The Morgan fingerprint density at radius 2 is 1.84 bits per heavy atom. The molecule has 310 valence electrons. The van der Waals surface area contributed by atoms with Crippen molar-refractivity contribution in [2.75, 3.05) is 26.4 Å². The van der Waals surface area contributed by atoms with E-state index in [0.29, 0.717) is 46.5 Å². The molecule has 4 heteroatoms. The van der Waals surface area contributed by atoms with E-state index in [0.717, 1.165) is 55.6 Å². The molecule has 2 heterocycles. The highest BCUT2D eigenvalue weighted by Crippen LogP contribution is 2.90. The fourth-order valence-electron chi connectivity index (χ4n) is 18.2. The monoisotopic (exact) mass is 782 g/mol. The molecular weight excluding hydrogens is 711 g/mol. The van der Waals surface area contributed by atoms with E-state index in [1.165, 1.54) is 107 Å². The molecule has 7 aliphatic carbocycles. The number of aliphatic hydroxyl groups excluding tert-OH is 1. The van der Waals surface area contributed by atoms with Crippen molar-refractivity contribution in [1.82, 2.24) is 4.90 Å². The summed E-state index contributed by atoms with van der Waals surface area (Å²) >= 11 is 0. The average molecular weight is 782 g/mol. The fraction of sp³-hybridized carbons (Fsp3) is 0.667. The van der Waals surface area contributed by atoms with Gasteiger partial charge in [-0.25, -0.2) is 0 Å². The predicted molar refractivity (Wildman–Crippen MR) is 237 cm³/mol. The van der Waals surface area contributed by atoms with Gasteiger partial charge >= 0.3 is 0 Å². The maximum atomic E-state index is 10.1. The van der Waals surface area contributed by atoms with Crippen molar-refractivity contribution < 1.29 is 14.9 Å². The van der Waals surface area contributed by atoms with Crippen molar-refractivity contribution in [3.8, 4) is 5.75 Å². The lowest BCUT2D eigenvalue weighted by molar-refractivity contribution is -0.231. The van der Waals surface area contributed by atoms with Gasteiger partial charge in [-0.15, -0.1) is 0 Å². The summed E-state index contributed by atoms with van der Waals surface area (Å²) in [4.78, 5) is 3.13. The van der Waals surface area contributed by atoms with Gasteiger partial charge in [0.05, 0.1) is 5.54 Å². The van der Waals surface area contributed by atoms with E-state index in [1.54, 1.807) is 5.57 Å². The maximum Gasteiger partial charge on any atom is 0.116 e. The van der Waals surface area contributed by atoms with Crippen LogP contribution in [0.3, 0.4) is 0 Å². The summed E-state index contributed by atoms with van der Waals surface area (Å²) in [6, 6.07) is 10.4. The molecule has 4 saturated carbocycles. The molecular formula is C54H71NO3. The molecule has 4 spiro atoms. The highest BCUT2D eigenvalue weighted by molar-refractivity contribution is 5.88. The molecule has 2 aromatic carbocycles. The molecule has 0 amide bonds. The van der Waals surface area contributed by atoms with Crippen molar-refractivity contribution in [2.45, 2.75) is 147 Å². The first kappa shape index (κ1) is 38.3. The van der Waals surface area contributed by atoms with Gasteiger partial charge in [-0.2, -0.15) is 0 Å². The van der Waals surface area contributed by atoms with Crippen LogP contribution in [0, 0.1) is 51.2 Å². The number of ether oxygens (including phenoxy) is 1. The molecule has 2 aliphatic heterocycles. The van der Waals surface area contributed by atoms with Crippen LogP contribution in [0.4, 0.5) is 0 Å². The lowest BCUT2D eigenvalue weighted by Gasteiger charge is -2.74. The Bertz CT molecular complexity index is 2110. The lowest BCUT2D eigenvalue weighted by atomic mass is 9.31. The minimum absolute atomic E-state index is 0.00654. The smallest absolute Gasteiger partial charge is 0.116 e. The lowest BCUT2D eigenvalue weighted by Crippen LogP contribution is -2.73. The molecule has 11 rings (SSSR count). The van der Waals surface area contributed by atoms with Crippen molar-refractivity contribution in [1.29, 1.82) is 0 Å².